The summed E-state index contributed by atoms with van der Waals surface area (Å²) in [6, 6.07) is 10.1. The Kier molecular flexibility index (Phi) is 5.03. The summed E-state index contributed by atoms with van der Waals surface area (Å²) in [5.41, 5.74) is -0.398. The summed E-state index contributed by atoms with van der Waals surface area (Å²) in [7, 11) is 3.00. The fraction of sp³-hybridized carbons (Fsp3) is 0.300. The second kappa shape index (κ2) is 7.78. The van der Waals surface area contributed by atoms with Crippen molar-refractivity contribution in [2.24, 2.45) is 0 Å². The van der Waals surface area contributed by atoms with Crippen molar-refractivity contribution >= 4 is 16.9 Å². The maximum absolute atomic E-state index is 12.9. The third kappa shape index (κ3) is 3.71. The predicted molar refractivity (Wildman–Crippen MR) is 103 cm³/mol. The largest absolute Gasteiger partial charge is 0.493 e. The molecule has 0 N–H and O–H groups in total. The van der Waals surface area contributed by atoms with Crippen molar-refractivity contribution in [3.8, 4) is 17.5 Å². The lowest BCUT2D eigenvalue weighted by Gasteiger charge is -2.16. The number of rotatable bonds is 5. The first-order valence-electron chi connectivity index (χ1n) is 9.03. The summed E-state index contributed by atoms with van der Waals surface area (Å²) in [5, 5.41) is 8.40. The molecule has 9 nitrogen and oxygen atoms in total. The number of aromatic nitrogens is 2. The van der Waals surface area contributed by atoms with Gasteiger partial charge in [0.05, 0.1) is 20.8 Å². The van der Waals surface area contributed by atoms with E-state index in [1.54, 1.807) is 35.2 Å². The highest BCUT2D eigenvalue weighted by atomic mass is 16.5. The minimum Gasteiger partial charge on any atom is -0.493 e. The number of carbonyl (C=O) groups is 1. The number of amides is 1. The van der Waals surface area contributed by atoms with Crippen LogP contribution in [0.2, 0.25) is 0 Å². The van der Waals surface area contributed by atoms with Gasteiger partial charge in [-0.3, -0.25) is 4.79 Å². The molecule has 0 radical (unpaired) electrons. The van der Waals surface area contributed by atoms with Crippen molar-refractivity contribution in [2.45, 2.75) is 12.5 Å². The molecule has 150 valence electrons. The van der Waals surface area contributed by atoms with Crippen LogP contribution in [0, 0.1) is 0 Å². The molecule has 1 aliphatic heterocycles. The molecule has 4 rings (SSSR count). The van der Waals surface area contributed by atoms with Crippen molar-refractivity contribution in [3.05, 3.63) is 52.4 Å². The average molecular weight is 397 g/mol. The third-order valence-corrected chi connectivity index (χ3v) is 4.72. The highest BCUT2D eigenvalue weighted by molar-refractivity contribution is 5.97. The zero-order valence-electron chi connectivity index (χ0n) is 16.0. The van der Waals surface area contributed by atoms with Gasteiger partial charge < -0.3 is 23.5 Å². The molecular weight excluding hydrogens is 378 g/mol. The Morgan fingerprint density at radius 1 is 1.14 bits per heavy atom. The van der Waals surface area contributed by atoms with Crippen LogP contribution < -0.4 is 19.8 Å². The summed E-state index contributed by atoms with van der Waals surface area (Å²) >= 11 is 0. The van der Waals surface area contributed by atoms with Gasteiger partial charge in [0.2, 0.25) is 11.8 Å². The number of hydrogen-bond acceptors (Lipinski definition) is 8. The van der Waals surface area contributed by atoms with Crippen LogP contribution >= 0.6 is 0 Å². The number of ether oxygens (including phenoxy) is 3. The van der Waals surface area contributed by atoms with Crippen LogP contribution in [0.15, 0.2) is 45.6 Å². The number of nitrogens with zero attached hydrogens (tertiary/aromatic N) is 3. The van der Waals surface area contributed by atoms with Crippen LogP contribution in [0.4, 0.5) is 0 Å². The zero-order chi connectivity index (χ0) is 20.4. The van der Waals surface area contributed by atoms with Gasteiger partial charge in [0.1, 0.15) is 11.7 Å². The standard InChI is InChI=1S/C20H19N3O6/c1-26-15-5-3-4-12-10-14(20(25)29-18(12)15)19(24)23-9-8-13(11-23)28-17-7-6-16(27-2)21-22-17/h3-7,10,13H,8-9,11H2,1-2H3. The van der Waals surface area contributed by atoms with Gasteiger partial charge in [0, 0.05) is 30.5 Å². The monoisotopic (exact) mass is 397 g/mol. The van der Waals surface area contributed by atoms with Crippen molar-refractivity contribution in [1.82, 2.24) is 15.1 Å². The Labute approximate surface area is 165 Å². The minimum absolute atomic E-state index is 0.0179. The summed E-state index contributed by atoms with van der Waals surface area (Å²) in [6.07, 6.45) is 0.376. The Bertz CT molecular complexity index is 1100. The van der Waals surface area contributed by atoms with E-state index in [9.17, 15) is 9.59 Å². The maximum atomic E-state index is 12.9. The van der Waals surface area contributed by atoms with E-state index in [1.165, 1.54) is 20.3 Å². The van der Waals surface area contributed by atoms with Crippen molar-refractivity contribution in [3.63, 3.8) is 0 Å². The van der Waals surface area contributed by atoms with Crippen LogP contribution in [0.5, 0.6) is 17.5 Å². The van der Waals surface area contributed by atoms with Crippen molar-refractivity contribution in [2.75, 3.05) is 27.3 Å². The van der Waals surface area contributed by atoms with Crippen LogP contribution in [0.25, 0.3) is 11.0 Å². The maximum Gasteiger partial charge on any atom is 0.349 e. The molecule has 1 aromatic carbocycles. The van der Waals surface area contributed by atoms with Gasteiger partial charge in [0.25, 0.3) is 5.91 Å². The Morgan fingerprint density at radius 2 is 1.93 bits per heavy atom. The molecule has 0 aliphatic carbocycles. The average Bonchev–Trinajstić information content (AvgIpc) is 3.21. The molecule has 3 heterocycles. The highest BCUT2D eigenvalue weighted by Gasteiger charge is 2.30. The van der Waals surface area contributed by atoms with E-state index in [0.717, 1.165) is 0 Å². The molecule has 1 atom stereocenters. The van der Waals surface area contributed by atoms with E-state index in [0.29, 0.717) is 48.0 Å². The first kappa shape index (κ1) is 18.7. The smallest absolute Gasteiger partial charge is 0.349 e. The van der Waals surface area contributed by atoms with Crippen molar-refractivity contribution in [1.29, 1.82) is 0 Å². The van der Waals surface area contributed by atoms with E-state index in [4.69, 9.17) is 18.6 Å². The van der Waals surface area contributed by atoms with E-state index in [-0.39, 0.29) is 11.7 Å². The zero-order valence-corrected chi connectivity index (χ0v) is 16.0. The van der Waals surface area contributed by atoms with Gasteiger partial charge in [-0.1, -0.05) is 12.1 Å². The first-order valence-corrected chi connectivity index (χ1v) is 9.03. The van der Waals surface area contributed by atoms with Crippen LogP contribution in [-0.2, 0) is 0 Å². The molecule has 1 fully saturated rings. The molecule has 1 unspecified atom stereocenters. The molecule has 1 aliphatic rings. The molecule has 0 bridgehead atoms. The van der Waals surface area contributed by atoms with E-state index >= 15 is 0 Å². The number of benzene rings is 1. The quantitative estimate of drug-likeness (QED) is 0.601. The van der Waals surface area contributed by atoms with Crippen LogP contribution in [0.3, 0.4) is 0 Å². The molecule has 0 spiro atoms. The molecule has 9 heteroatoms. The third-order valence-electron chi connectivity index (χ3n) is 4.72. The fourth-order valence-electron chi connectivity index (χ4n) is 3.26. The Hall–Kier alpha value is -3.62. The summed E-state index contributed by atoms with van der Waals surface area (Å²) in [5.74, 6) is 0.784. The molecule has 1 amide bonds. The van der Waals surface area contributed by atoms with Gasteiger partial charge in [-0.05, 0) is 12.1 Å². The SMILES string of the molecule is COc1ccc(OC2CCN(C(=O)c3cc4cccc(OC)c4oc3=O)C2)nn1. The molecular formula is C20H19N3O6. The van der Waals surface area contributed by atoms with Gasteiger partial charge in [0.15, 0.2) is 11.3 Å². The van der Waals surface area contributed by atoms with E-state index < -0.39 is 11.5 Å². The first-order chi connectivity index (χ1) is 14.1. The highest BCUT2D eigenvalue weighted by Crippen LogP contribution is 2.25. The van der Waals surface area contributed by atoms with Gasteiger partial charge >= 0.3 is 5.63 Å². The molecule has 0 saturated carbocycles. The van der Waals surface area contributed by atoms with Crippen LogP contribution in [-0.4, -0.2) is 54.4 Å². The van der Waals surface area contributed by atoms with Gasteiger partial charge in [-0.15, -0.1) is 10.2 Å². The summed E-state index contributed by atoms with van der Waals surface area (Å²) in [6.45, 7) is 0.796. The second-order valence-electron chi connectivity index (χ2n) is 6.52. The van der Waals surface area contributed by atoms with Crippen molar-refractivity contribution < 1.29 is 23.4 Å². The van der Waals surface area contributed by atoms with E-state index in [2.05, 4.69) is 10.2 Å². The number of carbonyl (C=O) groups excluding carboxylic acids is 1. The van der Waals surface area contributed by atoms with Crippen LogP contribution in [0.1, 0.15) is 16.8 Å². The predicted octanol–water partition coefficient (Wildman–Crippen LogP) is 1.89. The number of para-hydroxylation sites is 1. The lowest BCUT2D eigenvalue weighted by Crippen LogP contribution is -2.33. The minimum atomic E-state index is -0.697. The van der Waals surface area contributed by atoms with Gasteiger partial charge in [-0.2, -0.15) is 0 Å². The molecule has 2 aromatic heterocycles. The number of hydrogen-bond donors (Lipinski definition) is 0. The Balaban J connectivity index is 1.50. The molecule has 3 aromatic rings. The summed E-state index contributed by atoms with van der Waals surface area (Å²) in [4.78, 5) is 26.9. The second-order valence-corrected chi connectivity index (χ2v) is 6.52. The molecule has 29 heavy (non-hydrogen) atoms. The lowest BCUT2D eigenvalue weighted by atomic mass is 10.1. The van der Waals surface area contributed by atoms with Gasteiger partial charge in [-0.25, -0.2) is 4.79 Å². The fourth-order valence-corrected chi connectivity index (χ4v) is 3.26. The molecule has 1 saturated heterocycles. The number of fused-ring (bicyclic) bond motifs is 1. The Morgan fingerprint density at radius 3 is 2.66 bits per heavy atom. The number of likely N-dealkylation sites (tertiary alicyclic amines) is 1. The normalized spacial score (nSPS) is 16.1. The summed E-state index contributed by atoms with van der Waals surface area (Å²) < 4.78 is 21.3. The number of methoxy groups -OCH3 is 2. The topological polar surface area (TPSA) is 104 Å². The lowest BCUT2D eigenvalue weighted by molar-refractivity contribution is 0.0767. The van der Waals surface area contributed by atoms with E-state index in [1.807, 2.05) is 0 Å².